The van der Waals surface area contributed by atoms with E-state index in [1.807, 2.05) is 17.7 Å². The molecule has 1 aliphatic rings. The number of nitrogens with zero attached hydrogens (tertiary/aromatic N) is 2. The number of carbonyl (C=O) groups excluding carboxylic acids is 2. The number of carboxylic acid groups (broad SMARTS) is 1. The Labute approximate surface area is 214 Å². The molecule has 196 valence electrons. The van der Waals surface area contributed by atoms with Gasteiger partial charge >= 0.3 is 6.09 Å². The van der Waals surface area contributed by atoms with Crippen LogP contribution in [0.25, 0.3) is 10.9 Å². The van der Waals surface area contributed by atoms with Crippen LogP contribution in [0, 0.1) is 0 Å². The monoisotopic (exact) mass is 527 g/mol. The average Bonchev–Trinajstić information content (AvgIpc) is 3.18. The van der Waals surface area contributed by atoms with Crippen molar-refractivity contribution >= 4 is 44.5 Å². The largest absolute Gasteiger partial charge is 0.465 e. The van der Waals surface area contributed by atoms with E-state index in [1.54, 1.807) is 36.4 Å². The number of hydrogen-bond acceptors (Lipinski definition) is 5. The smallest absolute Gasteiger partial charge is 0.405 e. The van der Waals surface area contributed by atoms with Crippen LogP contribution in [-0.2, 0) is 34.2 Å². The molecule has 3 amide bonds. The van der Waals surface area contributed by atoms with Gasteiger partial charge in [-0.05, 0) is 36.6 Å². The average molecular weight is 528 g/mol. The third-order valence-corrected chi connectivity index (χ3v) is 8.33. The van der Waals surface area contributed by atoms with Gasteiger partial charge in [-0.25, -0.2) is 13.2 Å². The third-order valence-electron chi connectivity index (χ3n) is 6.60. The Kier molecular flexibility index (Phi) is 6.87. The Morgan fingerprint density at radius 1 is 1.11 bits per heavy atom. The molecule has 0 aliphatic carbocycles. The number of rotatable bonds is 6. The van der Waals surface area contributed by atoms with Crippen LogP contribution in [0.15, 0.2) is 48.7 Å². The molecule has 4 N–H and O–H groups in total. The molecule has 0 saturated heterocycles. The third kappa shape index (κ3) is 5.10. The van der Waals surface area contributed by atoms with E-state index in [1.165, 1.54) is 24.3 Å². The van der Waals surface area contributed by atoms with Crippen molar-refractivity contribution in [2.75, 3.05) is 17.1 Å². The normalized spacial score (nSPS) is 15.9. The minimum atomic E-state index is -3.58. The molecule has 1 aliphatic heterocycles. The summed E-state index contributed by atoms with van der Waals surface area (Å²) in [6, 6.07) is 12.0. The lowest BCUT2D eigenvalue weighted by atomic mass is 9.92. The van der Waals surface area contributed by atoms with Crippen molar-refractivity contribution < 1.29 is 27.9 Å². The molecule has 0 unspecified atom stereocenters. The van der Waals surface area contributed by atoms with E-state index in [0.29, 0.717) is 18.7 Å². The zero-order chi connectivity index (χ0) is 27.0. The fourth-order valence-corrected chi connectivity index (χ4v) is 5.70. The van der Waals surface area contributed by atoms with Crippen LogP contribution in [0.3, 0.4) is 0 Å². The number of hydrazine groups is 1. The van der Waals surface area contributed by atoms with Crippen LogP contribution < -0.4 is 20.5 Å². The first-order valence-electron chi connectivity index (χ1n) is 11.7. The fraction of sp³-hybridized carbons (Fsp3) is 0.320. The second-order valence-electron chi connectivity index (χ2n) is 9.21. The minimum Gasteiger partial charge on any atom is -0.465 e. The maximum Gasteiger partial charge on any atom is 0.405 e. The van der Waals surface area contributed by atoms with Crippen LogP contribution in [0.1, 0.15) is 35.3 Å². The van der Waals surface area contributed by atoms with E-state index in [2.05, 4.69) is 16.2 Å². The van der Waals surface area contributed by atoms with Crippen molar-refractivity contribution in [2.45, 2.75) is 38.8 Å². The molecule has 12 heteroatoms. The fourth-order valence-electron chi connectivity index (χ4n) is 4.56. The van der Waals surface area contributed by atoms with E-state index in [-0.39, 0.29) is 17.7 Å². The summed E-state index contributed by atoms with van der Waals surface area (Å²) >= 11 is 0. The van der Waals surface area contributed by atoms with Crippen molar-refractivity contribution in [3.05, 3.63) is 65.4 Å². The Morgan fingerprint density at radius 2 is 1.81 bits per heavy atom. The summed E-state index contributed by atoms with van der Waals surface area (Å²) < 4.78 is 28.5. The summed E-state index contributed by atoms with van der Waals surface area (Å²) in [6.45, 7) is 3.70. The van der Waals surface area contributed by atoms with Crippen LogP contribution in [-0.4, -0.2) is 54.3 Å². The molecule has 3 aromatic rings. The molecule has 0 fully saturated rings. The van der Waals surface area contributed by atoms with Gasteiger partial charge in [0.15, 0.2) is 0 Å². The summed E-state index contributed by atoms with van der Waals surface area (Å²) in [7, 11) is -2.13. The maximum atomic E-state index is 13.1. The molecule has 2 aromatic carbocycles. The van der Waals surface area contributed by atoms with Gasteiger partial charge in [-0.1, -0.05) is 37.3 Å². The van der Waals surface area contributed by atoms with Crippen molar-refractivity contribution in [1.29, 1.82) is 0 Å². The van der Waals surface area contributed by atoms with Crippen LogP contribution in [0.5, 0.6) is 0 Å². The zero-order valence-electron chi connectivity index (χ0n) is 20.7. The number of anilines is 1. The van der Waals surface area contributed by atoms with Gasteiger partial charge in [0.25, 0.3) is 11.8 Å². The zero-order valence-corrected chi connectivity index (χ0v) is 21.6. The molecule has 0 saturated carbocycles. The molecule has 11 nitrogen and oxygen atoms in total. The van der Waals surface area contributed by atoms with Crippen molar-refractivity contribution in [3.63, 3.8) is 0 Å². The standard InChI is InChI=1S/C25H29N5O6S/c1-4-17-15-30-10-11-37(35,36)29(3)20-13-18(12-19(17)21(20)30)22(31)27-28-23(32)25(2,26-24(33)34)14-16-8-6-5-7-9-16/h5-9,12-13,15,26H,4,10-11,14H2,1-3H3,(H,27,31)(H,28,32)(H,33,34)/t25-/m1/s1. The Balaban J connectivity index is 1.62. The van der Waals surface area contributed by atoms with Crippen molar-refractivity contribution in [2.24, 2.45) is 0 Å². The van der Waals surface area contributed by atoms with Gasteiger partial charge in [0, 0.05) is 37.2 Å². The van der Waals surface area contributed by atoms with Gasteiger partial charge < -0.3 is 15.0 Å². The predicted molar refractivity (Wildman–Crippen MR) is 139 cm³/mol. The Bertz CT molecular complexity index is 1480. The van der Waals surface area contributed by atoms with Gasteiger partial charge in [0.05, 0.1) is 17.0 Å². The second-order valence-corrected chi connectivity index (χ2v) is 11.3. The number of benzene rings is 2. The number of aromatic nitrogens is 1. The highest BCUT2D eigenvalue weighted by molar-refractivity contribution is 7.92. The van der Waals surface area contributed by atoms with Gasteiger partial charge in [-0.2, -0.15) is 0 Å². The molecule has 1 aromatic heterocycles. The number of aryl methyl sites for hydroxylation is 2. The molecular formula is C25H29N5O6S. The Hall–Kier alpha value is -4.06. The lowest BCUT2D eigenvalue weighted by Crippen LogP contribution is -2.61. The molecule has 0 spiro atoms. The molecule has 37 heavy (non-hydrogen) atoms. The number of sulfonamides is 1. The first-order chi connectivity index (χ1) is 17.4. The topological polar surface area (TPSA) is 150 Å². The summed E-state index contributed by atoms with van der Waals surface area (Å²) in [5.74, 6) is -1.50. The highest BCUT2D eigenvalue weighted by Crippen LogP contribution is 2.35. The lowest BCUT2D eigenvalue weighted by Gasteiger charge is -2.28. The Morgan fingerprint density at radius 3 is 2.46 bits per heavy atom. The molecule has 2 heterocycles. The van der Waals surface area contributed by atoms with Crippen molar-refractivity contribution in [3.8, 4) is 0 Å². The van der Waals surface area contributed by atoms with Gasteiger partial charge in [-0.3, -0.25) is 24.7 Å². The quantitative estimate of drug-likeness (QED) is 0.360. The molecule has 0 bridgehead atoms. The summed E-state index contributed by atoms with van der Waals surface area (Å²) in [6.07, 6.45) is 1.24. The number of nitrogens with one attached hydrogen (secondary N) is 3. The summed E-state index contributed by atoms with van der Waals surface area (Å²) in [4.78, 5) is 37.5. The van der Waals surface area contributed by atoms with E-state index < -0.39 is 33.5 Å². The van der Waals surface area contributed by atoms with Crippen molar-refractivity contribution in [1.82, 2.24) is 20.7 Å². The van der Waals surface area contributed by atoms with E-state index in [4.69, 9.17) is 0 Å². The maximum absolute atomic E-state index is 13.1. The van der Waals surface area contributed by atoms with E-state index >= 15 is 0 Å². The van der Waals surface area contributed by atoms with E-state index in [9.17, 15) is 27.9 Å². The lowest BCUT2D eigenvalue weighted by molar-refractivity contribution is -0.127. The second kappa shape index (κ2) is 9.77. The number of amides is 3. The number of carbonyl (C=O) groups is 3. The van der Waals surface area contributed by atoms with Gasteiger partial charge in [0.2, 0.25) is 10.0 Å². The molecule has 0 radical (unpaired) electrons. The first kappa shape index (κ1) is 26.0. The molecule has 4 rings (SSSR count). The van der Waals surface area contributed by atoms with Crippen LogP contribution >= 0.6 is 0 Å². The summed E-state index contributed by atoms with van der Waals surface area (Å²) in [5, 5.41) is 12.3. The minimum absolute atomic E-state index is 0.0496. The predicted octanol–water partition coefficient (Wildman–Crippen LogP) is 2.01. The number of hydrogen-bond donors (Lipinski definition) is 4. The first-order valence-corrected chi connectivity index (χ1v) is 13.3. The summed E-state index contributed by atoms with van der Waals surface area (Å²) in [5.41, 5.74) is 6.02. The van der Waals surface area contributed by atoms with E-state index in [0.717, 1.165) is 22.0 Å². The SMILES string of the molecule is CCc1cn2c3c(cc(C(=O)NNC(=O)[C@@](C)(Cc4ccccc4)NC(=O)O)cc13)N(C)S(=O)(=O)CC2. The molecule has 1 atom stereocenters. The van der Waals surface area contributed by atoms with Gasteiger partial charge in [-0.15, -0.1) is 0 Å². The highest BCUT2D eigenvalue weighted by Gasteiger charge is 2.36. The van der Waals surface area contributed by atoms with Crippen LogP contribution in [0.4, 0.5) is 10.5 Å². The highest BCUT2D eigenvalue weighted by atomic mass is 32.2. The van der Waals surface area contributed by atoms with Crippen LogP contribution in [0.2, 0.25) is 0 Å². The van der Waals surface area contributed by atoms with Gasteiger partial charge in [0.1, 0.15) is 5.54 Å². The molecular weight excluding hydrogens is 498 g/mol.